The first kappa shape index (κ1) is 19.9. The average Bonchev–Trinajstić information content (AvgIpc) is 3.27. The van der Waals surface area contributed by atoms with Crippen LogP contribution in [0, 0.1) is 11.8 Å². The zero-order valence-corrected chi connectivity index (χ0v) is 16.3. The summed E-state index contributed by atoms with van der Waals surface area (Å²) in [6.07, 6.45) is 3.11. The van der Waals surface area contributed by atoms with E-state index in [1.165, 1.54) is 6.08 Å². The van der Waals surface area contributed by atoms with Gasteiger partial charge in [-0.2, -0.15) is 0 Å². The average molecular weight is 406 g/mol. The van der Waals surface area contributed by atoms with Crippen molar-refractivity contribution >= 4 is 17.7 Å². The van der Waals surface area contributed by atoms with Gasteiger partial charge in [0.1, 0.15) is 18.0 Å². The van der Waals surface area contributed by atoms with Gasteiger partial charge in [-0.25, -0.2) is 4.79 Å². The lowest BCUT2D eigenvalue weighted by Crippen LogP contribution is -2.25. The zero-order valence-electron chi connectivity index (χ0n) is 16.3. The SMILES string of the molecule is O=C(C=CC1C(OC(=O)c2ccccc2)CC2OC(=O)CC21)COc1ccccc1. The Morgan fingerprint density at radius 1 is 1.03 bits per heavy atom. The Balaban J connectivity index is 1.42. The summed E-state index contributed by atoms with van der Waals surface area (Å²) in [6.45, 7) is -0.0920. The minimum absolute atomic E-state index is 0.0920. The Morgan fingerprint density at radius 3 is 2.47 bits per heavy atom. The van der Waals surface area contributed by atoms with Crippen molar-refractivity contribution in [1.82, 2.24) is 0 Å². The predicted molar refractivity (Wildman–Crippen MR) is 108 cm³/mol. The van der Waals surface area contributed by atoms with Gasteiger partial charge in [-0.1, -0.05) is 42.5 Å². The van der Waals surface area contributed by atoms with Gasteiger partial charge in [-0.3, -0.25) is 9.59 Å². The van der Waals surface area contributed by atoms with Gasteiger partial charge in [0.25, 0.3) is 0 Å². The van der Waals surface area contributed by atoms with Gasteiger partial charge in [-0.15, -0.1) is 0 Å². The molecule has 1 aliphatic carbocycles. The van der Waals surface area contributed by atoms with Crippen molar-refractivity contribution in [3.63, 3.8) is 0 Å². The van der Waals surface area contributed by atoms with Crippen LogP contribution < -0.4 is 4.74 Å². The van der Waals surface area contributed by atoms with E-state index in [1.54, 1.807) is 42.5 Å². The van der Waals surface area contributed by atoms with Gasteiger partial charge in [0.05, 0.1) is 12.0 Å². The summed E-state index contributed by atoms with van der Waals surface area (Å²) in [5.74, 6) is -0.649. The number of hydrogen-bond donors (Lipinski definition) is 0. The molecule has 1 saturated heterocycles. The number of rotatable bonds is 7. The summed E-state index contributed by atoms with van der Waals surface area (Å²) in [5.41, 5.74) is 0.460. The number of esters is 2. The lowest BCUT2D eigenvalue weighted by Gasteiger charge is -2.20. The van der Waals surface area contributed by atoms with Crippen LogP contribution in [-0.2, 0) is 19.1 Å². The Hall–Kier alpha value is -3.41. The summed E-state index contributed by atoms with van der Waals surface area (Å²) in [7, 11) is 0. The number of fused-ring (bicyclic) bond motifs is 1. The van der Waals surface area contributed by atoms with Crippen LogP contribution in [0.5, 0.6) is 5.75 Å². The molecule has 2 fully saturated rings. The van der Waals surface area contributed by atoms with E-state index in [2.05, 4.69) is 0 Å². The molecule has 1 heterocycles. The molecular formula is C24H22O6. The van der Waals surface area contributed by atoms with Crippen molar-refractivity contribution in [2.45, 2.75) is 25.0 Å². The Labute approximate surface area is 174 Å². The normalized spacial score (nSPS) is 25.0. The molecule has 4 atom stereocenters. The van der Waals surface area contributed by atoms with E-state index in [0.717, 1.165) is 0 Å². The van der Waals surface area contributed by atoms with Gasteiger partial charge in [0.15, 0.2) is 12.4 Å². The van der Waals surface area contributed by atoms with Crippen LogP contribution in [0.25, 0.3) is 0 Å². The molecule has 0 N–H and O–H groups in total. The summed E-state index contributed by atoms with van der Waals surface area (Å²) in [4.78, 5) is 36.5. The second-order valence-electron chi connectivity index (χ2n) is 7.45. The number of carbonyl (C=O) groups excluding carboxylic acids is 3. The fourth-order valence-corrected chi connectivity index (χ4v) is 4.01. The van der Waals surface area contributed by atoms with Crippen LogP contribution in [-0.4, -0.2) is 36.5 Å². The number of carbonyl (C=O) groups is 3. The predicted octanol–water partition coefficient (Wildman–Crippen LogP) is 3.37. The first-order valence-electron chi connectivity index (χ1n) is 9.94. The number of ether oxygens (including phenoxy) is 3. The third-order valence-electron chi connectivity index (χ3n) is 5.45. The fraction of sp³-hybridized carbons (Fsp3) is 0.292. The van der Waals surface area contributed by atoms with E-state index in [1.807, 2.05) is 24.3 Å². The zero-order chi connectivity index (χ0) is 20.9. The lowest BCUT2D eigenvalue weighted by molar-refractivity contribution is -0.141. The molecule has 0 amide bonds. The quantitative estimate of drug-likeness (QED) is 0.518. The van der Waals surface area contributed by atoms with E-state index < -0.39 is 12.1 Å². The highest BCUT2D eigenvalue weighted by molar-refractivity contribution is 5.91. The van der Waals surface area contributed by atoms with Crippen LogP contribution in [0.3, 0.4) is 0 Å². The molecule has 6 nitrogen and oxygen atoms in total. The second-order valence-corrected chi connectivity index (χ2v) is 7.45. The number of benzene rings is 2. The molecule has 1 aliphatic heterocycles. The van der Waals surface area contributed by atoms with Crippen molar-refractivity contribution in [3.8, 4) is 5.75 Å². The molecule has 2 aromatic carbocycles. The minimum atomic E-state index is -0.458. The molecular weight excluding hydrogens is 384 g/mol. The summed E-state index contributed by atoms with van der Waals surface area (Å²) >= 11 is 0. The van der Waals surface area contributed by atoms with Crippen LogP contribution in [0.1, 0.15) is 23.2 Å². The second kappa shape index (κ2) is 8.95. The van der Waals surface area contributed by atoms with Crippen molar-refractivity contribution in [2.75, 3.05) is 6.61 Å². The smallest absolute Gasteiger partial charge is 0.338 e. The first-order chi connectivity index (χ1) is 14.6. The van der Waals surface area contributed by atoms with Gasteiger partial charge in [0.2, 0.25) is 0 Å². The molecule has 2 aromatic rings. The molecule has 0 bridgehead atoms. The van der Waals surface area contributed by atoms with Crippen LogP contribution >= 0.6 is 0 Å². The number of hydrogen-bond acceptors (Lipinski definition) is 6. The number of para-hydroxylation sites is 1. The highest BCUT2D eigenvalue weighted by atomic mass is 16.6. The molecule has 0 spiro atoms. The van der Waals surface area contributed by atoms with Gasteiger partial charge >= 0.3 is 11.9 Å². The molecule has 0 aromatic heterocycles. The third kappa shape index (κ3) is 4.59. The fourth-order valence-electron chi connectivity index (χ4n) is 4.01. The van der Waals surface area contributed by atoms with E-state index in [4.69, 9.17) is 14.2 Å². The molecule has 1 saturated carbocycles. The van der Waals surface area contributed by atoms with Crippen LogP contribution in [0.15, 0.2) is 72.8 Å². The van der Waals surface area contributed by atoms with Gasteiger partial charge < -0.3 is 14.2 Å². The van der Waals surface area contributed by atoms with E-state index in [0.29, 0.717) is 17.7 Å². The maximum atomic E-state index is 12.5. The Bertz CT molecular complexity index is 937. The molecule has 6 heteroatoms. The molecule has 0 radical (unpaired) electrons. The van der Waals surface area contributed by atoms with Crippen molar-refractivity contribution in [2.24, 2.45) is 11.8 Å². The largest absolute Gasteiger partial charge is 0.485 e. The highest BCUT2D eigenvalue weighted by Crippen LogP contribution is 2.43. The molecule has 2 aliphatic rings. The van der Waals surface area contributed by atoms with Crippen molar-refractivity contribution in [1.29, 1.82) is 0 Å². The number of ketones is 1. The summed E-state index contributed by atoms with van der Waals surface area (Å²) in [6, 6.07) is 17.8. The van der Waals surface area contributed by atoms with Crippen molar-refractivity contribution in [3.05, 3.63) is 78.4 Å². The monoisotopic (exact) mass is 406 g/mol. The maximum Gasteiger partial charge on any atom is 0.338 e. The van der Waals surface area contributed by atoms with E-state index in [9.17, 15) is 14.4 Å². The van der Waals surface area contributed by atoms with Gasteiger partial charge in [-0.05, 0) is 30.3 Å². The lowest BCUT2D eigenvalue weighted by atomic mass is 9.91. The first-order valence-corrected chi connectivity index (χ1v) is 9.94. The standard InChI is InChI=1S/C24H22O6/c25-17(15-28-18-9-5-2-6-10-18)11-12-19-20-13-23(26)29-22(20)14-21(19)30-24(27)16-7-3-1-4-8-16/h1-12,19-22H,13-15H2. The van der Waals surface area contributed by atoms with E-state index in [-0.39, 0.29) is 42.7 Å². The summed E-state index contributed by atoms with van der Waals surface area (Å²) < 4.78 is 16.6. The van der Waals surface area contributed by atoms with E-state index >= 15 is 0 Å². The van der Waals surface area contributed by atoms with Crippen LogP contribution in [0.4, 0.5) is 0 Å². The highest BCUT2D eigenvalue weighted by Gasteiger charge is 2.50. The topological polar surface area (TPSA) is 78.9 Å². The Kier molecular flexibility index (Phi) is 5.93. The molecule has 30 heavy (non-hydrogen) atoms. The Morgan fingerprint density at radius 2 is 1.73 bits per heavy atom. The van der Waals surface area contributed by atoms with Crippen LogP contribution in [0.2, 0.25) is 0 Å². The third-order valence-corrected chi connectivity index (χ3v) is 5.45. The molecule has 4 rings (SSSR count). The van der Waals surface area contributed by atoms with Gasteiger partial charge in [0, 0.05) is 18.3 Å². The maximum absolute atomic E-state index is 12.5. The molecule has 4 unspecified atom stereocenters. The minimum Gasteiger partial charge on any atom is -0.485 e. The summed E-state index contributed by atoms with van der Waals surface area (Å²) in [5, 5.41) is 0. The van der Waals surface area contributed by atoms with Crippen molar-refractivity contribution < 1.29 is 28.6 Å². The molecule has 154 valence electrons.